The van der Waals surface area contributed by atoms with Crippen molar-refractivity contribution in [2.24, 2.45) is 5.92 Å². The van der Waals surface area contributed by atoms with Crippen LogP contribution in [0.25, 0.3) is 0 Å². The van der Waals surface area contributed by atoms with Crippen molar-refractivity contribution in [2.75, 3.05) is 11.9 Å². The number of hydrogen-bond donors (Lipinski definition) is 2. The SMILES string of the molecule is CCC1CCC2(CC1)NC(=O)N(CC(=O)Nc1ccc(C)cc1Br)C2=O. The van der Waals surface area contributed by atoms with Gasteiger partial charge in [-0.05, 0) is 72.2 Å². The molecule has 1 spiro atoms. The van der Waals surface area contributed by atoms with E-state index in [0.717, 1.165) is 34.2 Å². The molecular weight excluding hydrogens is 398 g/mol. The molecule has 6 nitrogen and oxygen atoms in total. The minimum absolute atomic E-state index is 0.268. The quantitative estimate of drug-likeness (QED) is 0.728. The van der Waals surface area contributed by atoms with Crippen LogP contribution in [0.1, 0.15) is 44.6 Å². The number of carbonyl (C=O) groups excluding carboxylic acids is 3. The Morgan fingerprint density at radius 3 is 2.65 bits per heavy atom. The van der Waals surface area contributed by atoms with Crippen LogP contribution in [0.4, 0.5) is 10.5 Å². The summed E-state index contributed by atoms with van der Waals surface area (Å²) >= 11 is 3.41. The molecule has 1 aliphatic carbocycles. The van der Waals surface area contributed by atoms with Crippen LogP contribution in [-0.4, -0.2) is 34.8 Å². The third-order valence-corrected chi connectivity index (χ3v) is 6.14. The molecule has 1 saturated heterocycles. The van der Waals surface area contributed by atoms with E-state index in [1.165, 1.54) is 0 Å². The molecule has 7 heteroatoms. The van der Waals surface area contributed by atoms with Gasteiger partial charge in [0.2, 0.25) is 5.91 Å². The maximum Gasteiger partial charge on any atom is 0.325 e. The van der Waals surface area contributed by atoms with Gasteiger partial charge in [-0.2, -0.15) is 0 Å². The van der Waals surface area contributed by atoms with Gasteiger partial charge in [-0.15, -0.1) is 0 Å². The Balaban J connectivity index is 1.65. The van der Waals surface area contributed by atoms with Gasteiger partial charge in [0.15, 0.2) is 0 Å². The summed E-state index contributed by atoms with van der Waals surface area (Å²) in [5, 5.41) is 5.60. The largest absolute Gasteiger partial charge is 0.325 e. The lowest BCUT2D eigenvalue weighted by Gasteiger charge is -2.34. The van der Waals surface area contributed by atoms with Gasteiger partial charge in [-0.25, -0.2) is 4.79 Å². The fourth-order valence-electron chi connectivity index (χ4n) is 3.79. The Kier molecular flexibility index (Phi) is 5.37. The summed E-state index contributed by atoms with van der Waals surface area (Å²) in [6.07, 6.45) is 4.25. The van der Waals surface area contributed by atoms with E-state index in [1.807, 2.05) is 19.1 Å². The van der Waals surface area contributed by atoms with E-state index in [0.29, 0.717) is 24.4 Å². The molecule has 1 saturated carbocycles. The Hall–Kier alpha value is -1.89. The van der Waals surface area contributed by atoms with E-state index in [9.17, 15) is 14.4 Å². The predicted molar refractivity (Wildman–Crippen MR) is 103 cm³/mol. The fraction of sp³-hybridized carbons (Fsp3) is 0.526. The lowest BCUT2D eigenvalue weighted by atomic mass is 9.75. The van der Waals surface area contributed by atoms with Crippen molar-refractivity contribution in [1.82, 2.24) is 10.2 Å². The summed E-state index contributed by atoms with van der Waals surface area (Å²) in [4.78, 5) is 38.6. The van der Waals surface area contributed by atoms with Crippen LogP contribution < -0.4 is 10.6 Å². The van der Waals surface area contributed by atoms with Crippen molar-refractivity contribution in [3.05, 3.63) is 28.2 Å². The maximum atomic E-state index is 12.8. The number of hydrogen-bond acceptors (Lipinski definition) is 3. The van der Waals surface area contributed by atoms with Gasteiger partial charge in [0.25, 0.3) is 5.91 Å². The highest BCUT2D eigenvalue weighted by molar-refractivity contribution is 9.10. The molecule has 2 fully saturated rings. The van der Waals surface area contributed by atoms with Gasteiger partial charge >= 0.3 is 6.03 Å². The molecule has 2 N–H and O–H groups in total. The number of halogens is 1. The number of urea groups is 1. The van der Waals surface area contributed by atoms with E-state index in [1.54, 1.807) is 6.07 Å². The zero-order chi connectivity index (χ0) is 18.9. The third-order valence-electron chi connectivity index (χ3n) is 5.48. The number of nitrogens with one attached hydrogen (secondary N) is 2. The number of benzene rings is 1. The first-order valence-electron chi connectivity index (χ1n) is 9.05. The van der Waals surface area contributed by atoms with E-state index in [-0.39, 0.29) is 12.5 Å². The maximum absolute atomic E-state index is 12.8. The van der Waals surface area contributed by atoms with Crippen LogP contribution in [0.3, 0.4) is 0 Å². The molecule has 0 bridgehead atoms. The average Bonchev–Trinajstić information content (AvgIpc) is 2.82. The summed E-state index contributed by atoms with van der Waals surface area (Å²) in [5.74, 6) is -0.0471. The monoisotopic (exact) mass is 421 g/mol. The van der Waals surface area contributed by atoms with Crippen molar-refractivity contribution >= 4 is 39.5 Å². The summed E-state index contributed by atoms with van der Waals surface area (Å²) in [6.45, 7) is 3.83. The van der Waals surface area contributed by atoms with Crippen LogP contribution in [-0.2, 0) is 9.59 Å². The molecule has 0 radical (unpaired) electrons. The minimum Gasteiger partial charge on any atom is -0.323 e. The first-order chi connectivity index (χ1) is 12.3. The molecule has 1 aromatic carbocycles. The molecule has 1 aliphatic heterocycles. The second kappa shape index (κ2) is 7.39. The molecule has 0 atom stereocenters. The van der Waals surface area contributed by atoms with E-state index < -0.39 is 17.5 Å². The van der Waals surface area contributed by atoms with Crippen LogP contribution in [0, 0.1) is 12.8 Å². The van der Waals surface area contributed by atoms with Gasteiger partial charge in [-0.1, -0.05) is 19.4 Å². The Labute approximate surface area is 161 Å². The topological polar surface area (TPSA) is 78.5 Å². The second-order valence-electron chi connectivity index (χ2n) is 7.29. The highest BCUT2D eigenvalue weighted by atomic mass is 79.9. The Morgan fingerprint density at radius 1 is 1.35 bits per heavy atom. The molecule has 1 heterocycles. The van der Waals surface area contributed by atoms with Crippen molar-refractivity contribution in [2.45, 2.75) is 51.5 Å². The molecule has 2 aliphatic rings. The predicted octanol–water partition coefficient (Wildman–Crippen LogP) is 3.59. The van der Waals surface area contributed by atoms with Crippen LogP contribution >= 0.6 is 15.9 Å². The zero-order valence-electron chi connectivity index (χ0n) is 15.1. The number of rotatable bonds is 4. The first-order valence-corrected chi connectivity index (χ1v) is 9.84. The highest BCUT2D eigenvalue weighted by Gasteiger charge is 2.52. The van der Waals surface area contributed by atoms with Gasteiger partial charge in [0, 0.05) is 4.47 Å². The summed E-state index contributed by atoms with van der Waals surface area (Å²) in [5.41, 5.74) is 0.868. The van der Waals surface area contributed by atoms with Gasteiger partial charge in [0.05, 0.1) is 5.69 Å². The van der Waals surface area contributed by atoms with Crippen molar-refractivity contribution in [1.29, 1.82) is 0 Å². The highest BCUT2D eigenvalue weighted by Crippen LogP contribution is 2.37. The fourth-order valence-corrected chi connectivity index (χ4v) is 4.38. The Morgan fingerprint density at radius 2 is 2.04 bits per heavy atom. The van der Waals surface area contributed by atoms with Crippen LogP contribution in [0.2, 0.25) is 0 Å². The smallest absolute Gasteiger partial charge is 0.323 e. The number of imide groups is 1. The second-order valence-corrected chi connectivity index (χ2v) is 8.14. The Bertz CT molecular complexity index is 742. The summed E-state index contributed by atoms with van der Waals surface area (Å²) in [6, 6.07) is 5.10. The number of anilines is 1. The lowest BCUT2D eigenvalue weighted by molar-refractivity contribution is -0.135. The van der Waals surface area contributed by atoms with Gasteiger partial charge < -0.3 is 10.6 Å². The molecule has 26 heavy (non-hydrogen) atoms. The molecule has 140 valence electrons. The van der Waals surface area contributed by atoms with Gasteiger partial charge in [-0.3, -0.25) is 14.5 Å². The lowest BCUT2D eigenvalue weighted by Crippen LogP contribution is -2.49. The van der Waals surface area contributed by atoms with E-state index in [2.05, 4.69) is 33.5 Å². The van der Waals surface area contributed by atoms with Crippen molar-refractivity contribution in [3.63, 3.8) is 0 Å². The zero-order valence-corrected chi connectivity index (χ0v) is 16.7. The molecule has 3 rings (SSSR count). The molecule has 0 unspecified atom stereocenters. The summed E-state index contributed by atoms with van der Waals surface area (Å²) in [7, 11) is 0. The first kappa shape index (κ1) is 18.9. The van der Waals surface area contributed by atoms with Crippen LogP contribution in [0.15, 0.2) is 22.7 Å². The normalized spacial score (nSPS) is 25.5. The van der Waals surface area contributed by atoms with Gasteiger partial charge in [0.1, 0.15) is 12.1 Å². The van der Waals surface area contributed by atoms with E-state index in [4.69, 9.17) is 0 Å². The number of aryl methyl sites for hydroxylation is 1. The van der Waals surface area contributed by atoms with E-state index >= 15 is 0 Å². The van der Waals surface area contributed by atoms with Crippen molar-refractivity contribution < 1.29 is 14.4 Å². The van der Waals surface area contributed by atoms with Crippen LogP contribution in [0.5, 0.6) is 0 Å². The molecule has 1 aromatic rings. The molecular formula is C19H24BrN3O3. The molecule has 4 amide bonds. The number of amides is 4. The minimum atomic E-state index is -0.812. The third kappa shape index (κ3) is 3.63. The number of carbonyl (C=O) groups is 3. The molecule has 0 aromatic heterocycles. The standard InChI is InChI=1S/C19H24BrN3O3/c1-3-13-6-8-19(9-7-13)17(25)23(18(26)22-19)11-16(24)21-15-5-4-12(2)10-14(15)20/h4-5,10,13H,3,6-9,11H2,1-2H3,(H,21,24)(H,22,26). The average molecular weight is 422 g/mol. The number of nitrogens with zero attached hydrogens (tertiary/aromatic N) is 1. The summed E-state index contributed by atoms with van der Waals surface area (Å²) < 4.78 is 0.761. The van der Waals surface area contributed by atoms with Crippen molar-refractivity contribution in [3.8, 4) is 0 Å².